The van der Waals surface area contributed by atoms with Gasteiger partial charge in [-0.15, -0.1) is 0 Å². The zero-order valence-corrected chi connectivity index (χ0v) is 12.9. The van der Waals surface area contributed by atoms with Gasteiger partial charge < -0.3 is 16.4 Å². The lowest BCUT2D eigenvalue weighted by Crippen LogP contribution is -2.32. The van der Waals surface area contributed by atoms with Crippen LogP contribution in [0.5, 0.6) is 0 Å². The standard InChI is InChI=1S/C13H20N4O3S/c1-17(2)21(19,20)10-4-5-11(14)12(7-10)15-8-9-3-6-13(18)16-9/h4-5,7,9,15H,3,6,8,14H2,1-2H3,(H,16,18). The van der Waals surface area contributed by atoms with Crippen LogP contribution < -0.4 is 16.4 Å². The molecular weight excluding hydrogens is 292 g/mol. The maximum atomic E-state index is 12.1. The number of amides is 1. The van der Waals surface area contributed by atoms with Crippen LogP contribution in [0.25, 0.3) is 0 Å². The lowest BCUT2D eigenvalue weighted by molar-refractivity contribution is -0.119. The van der Waals surface area contributed by atoms with Crippen LogP contribution in [-0.2, 0) is 14.8 Å². The van der Waals surface area contributed by atoms with Gasteiger partial charge in [-0.3, -0.25) is 4.79 Å². The number of benzene rings is 1. The van der Waals surface area contributed by atoms with Crippen molar-refractivity contribution in [1.82, 2.24) is 9.62 Å². The first-order valence-corrected chi connectivity index (χ1v) is 8.10. The van der Waals surface area contributed by atoms with E-state index < -0.39 is 10.0 Å². The normalized spacial score (nSPS) is 18.8. The van der Waals surface area contributed by atoms with E-state index >= 15 is 0 Å². The molecule has 0 aromatic heterocycles. The summed E-state index contributed by atoms with van der Waals surface area (Å²) >= 11 is 0. The van der Waals surface area contributed by atoms with Crippen molar-refractivity contribution in [1.29, 1.82) is 0 Å². The number of carbonyl (C=O) groups is 1. The molecule has 0 spiro atoms. The molecule has 0 bridgehead atoms. The Morgan fingerprint density at radius 1 is 1.43 bits per heavy atom. The van der Waals surface area contributed by atoms with E-state index in [2.05, 4.69) is 10.6 Å². The van der Waals surface area contributed by atoms with Crippen LogP contribution in [0.1, 0.15) is 12.8 Å². The number of carbonyl (C=O) groups excluding carboxylic acids is 1. The Balaban J connectivity index is 2.14. The highest BCUT2D eigenvalue weighted by Gasteiger charge is 2.21. The Morgan fingerprint density at radius 3 is 2.71 bits per heavy atom. The molecule has 21 heavy (non-hydrogen) atoms. The molecule has 0 radical (unpaired) electrons. The first kappa shape index (κ1) is 15.6. The maximum absolute atomic E-state index is 12.1. The Hall–Kier alpha value is -1.80. The van der Waals surface area contributed by atoms with Crippen molar-refractivity contribution >= 4 is 27.3 Å². The Morgan fingerprint density at radius 2 is 2.14 bits per heavy atom. The summed E-state index contributed by atoms with van der Waals surface area (Å²) < 4.78 is 25.4. The molecule has 1 amide bonds. The van der Waals surface area contributed by atoms with Gasteiger partial charge in [0.1, 0.15) is 0 Å². The summed E-state index contributed by atoms with van der Waals surface area (Å²) in [6.45, 7) is 0.515. The van der Waals surface area contributed by atoms with Gasteiger partial charge >= 0.3 is 0 Å². The average Bonchev–Trinajstić information content (AvgIpc) is 2.83. The molecule has 7 nitrogen and oxygen atoms in total. The molecule has 1 unspecified atom stereocenters. The highest BCUT2D eigenvalue weighted by Crippen LogP contribution is 2.24. The molecule has 1 aromatic rings. The molecule has 116 valence electrons. The van der Waals surface area contributed by atoms with Crippen molar-refractivity contribution in [2.75, 3.05) is 31.7 Å². The summed E-state index contributed by atoms with van der Waals surface area (Å²) in [6.07, 6.45) is 1.29. The van der Waals surface area contributed by atoms with Gasteiger partial charge in [0.25, 0.3) is 0 Å². The molecule has 1 heterocycles. The highest BCUT2D eigenvalue weighted by molar-refractivity contribution is 7.89. The molecule has 0 aliphatic carbocycles. The van der Waals surface area contributed by atoms with Gasteiger partial charge in [0.15, 0.2) is 0 Å². The van der Waals surface area contributed by atoms with Crippen molar-refractivity contribution in [2.45, 2.75) is 23.8 Å². The monoisotopic (exact) mass is 312 g/mol. The van der Waals surface area contributed by atoms with E-state index in [9.17, 15) is 13.2 Å². The lowest BCUT2D eigenvalue weighted by Gasteiger charge is -2.16. The smallest absolute Gasteiger partial charge is 0.242 e. The van der Waals surface area contributed by atoms with E-state index in [1.807, 2.05) is 0 Å². The zero-order chi connectivity index (χ0) is 15.6. The van der Waals surface area contributed by atoms with E-state index in [4.69, 9.17) is 5.73 Å². The van der Waals surface area contributed by atoms with E-state index in [1.54, 1.807) is 6.07 Å². The number of nitrogens with zero attached hydrogens (tertiary/aromatic N) is 1. The van der Waals surface area contributed by atoms with Gasteiger partial charge in [-0.05, 0) is 24.6 Å². The van der Waals surface area contributed by atoms with Crippen LogP contribution in [0.3, 0.4) is 0 Å². The summed E-state index contributed by atoms with van der Waals surface area (Å²) in [7, 11) is -0.536. The van der Waals surface area contributed by atoms with E-state index in [-0.39, 0.29) is 16.8 Å². The molecule has 0 saturated carbocycles. The van der Waals surface area contributed by atoms with Crippen LogP contribution in [0.2, 0.25) is 0 Å². The predicted molar refractivity (Wildman–Crippen MR) is 81.4 cm³/mol. The zero-order valence-electron chi connectivity index (χ0n) is 12.1. The minimum atomic E-state index is -3.49. The van der Waals surface area contributed by atoms with Crippen molar-refractivity contribution in [3.8, 4) is 0 Å². The van der Waals surface area contributed by atoms with Crippen molar-refractivity contribution < 1.29 is 13.2 Å². The van der Waals surface area contributed by atoms with E-state index in [1.165, 1.54) is 26.2 Å². The quantitative estimate of drug-likeness (QED) is 0.674. The number of anilines is 2. The first-order valence-electron chi connectivity index (χ1n) is 6.66. The third-order valence-corrected chi connectivity index (χ3v) is 5.24. The molecule has 1 atom stereocenters. The summed E-state index contributed by atoms with van der Waals surface area (Å²) in [6, 6.07) is 4.60. The Labute approximate surface area is 124 Å². The second kappa shape index (κ2) is 5.90. The fraction of sp³-hybridized carbons (Fsp3) is 0.462. The molecule has 1 aliphatic heterocycles. The third-order valence-electron chi connectivity index (χ3n) is 3.43. The SMILES string of the molecule is CN(C)S(=O)(=O)c1ccc(N)c(NCC2CCC(=O)N2)c1. The summed E-state index contributed by atoms with van der Waals surface area (Å²) in [5, 5.41) is 5.94. The highest BCUT2D eigenvalue weighted by atomic mass is 32.2. The number of nitrogens with two attached hydrogens (primary N) is 1. The Bertz CT molecular complexity index is 643. The molecule has 1 fully saturated rings. The average molecular weight is 312 g/mol. The Kier molecular flexibility index (Phi) is 4.38. The van der Waals surface area contributed by atoms with Crippen LogP contribution >= 0.6 is 0 Å². The van der Waals surface area contributed by atoms with Crippen molar-refractivity contribution in [2.24, 2.45) is 0 Å². The first-order chi connectivity index (χ1) is 9.80. The molecule has 4 N–H and O–H groups in total. The topological polar surface area (TPSA) is 105 Å². The van der Waals surface area contributed by atoms with E-state index in [0.29, 0.717) is 24.3 Å². The predicted octanol–water partition coefficient (Wildman–Crippen LogP) is 0.210. The van der Waals surface area contributed by atoms with E-state index in [0.717, 1.165) is 10.7 Å². The van der Waals surface area contributed by atoms with Crippen molar-refractivity contribution in [3.05, 3.63) is 18.2 Å². The molecule has 2 rings (SSSR count). The van der Waals surface area contributed by atoms with Gasteiger partial charge in [0.05, 0.1) is 16.3 Å². The second-order valence-electron chi connectivity index (χ2n) is 5.22. The summed E-state index contributed by atoms with van der Waals surface area (Å²) in [5.41, 5.74) is 6.89. The fourth-order valence-corrected chi connectivity index (χ4v) is 3.05. The second-order valence-corrected chi connectivity index (χ2v) is 7.37. The van der Waals surface area contributed by atoms with Gasteiger partial charge in [0.2, 0.25) is 15.9 Å². The number of sulfonamides is 1. The number of hydrogen-bond acceptors (Lipinski definition) is 5. The van der Waals surface area contributed by atoms with Crippen molar-refractivity contribution in [3.63, 3.8) is 0 Å². The number of nitrogen functional groups attached to an aromatic ring is 1. The molecular formula is C13H20N4O3S. The van der Waals surface area contributed by atoms with Crippen LogP contribution in [0.4, 0.5) is 11.4 Å². The largest absolute Gasteiger partial charge is 0.397 e. The summed E-state index contributed by atoms with van der Waals surface area (Å²) in [5.74, 6) is 0.0405. The minimum absolute atomic E-state index is 0.0405. The van der Waals surface area contributed by atoms with Crippen LogP contribution in [0.15, 0.2) is 23.1 Å². The van der Waals surface area contributed by atoms with Gasteiger partial charge in [-0.25, -0.2) is 12.7 Å². The fourth-order valence-electron chi connectivity index (χ4n) is 2.12. The van der Waals surface area contributed by atoms with Gasteiger partial charge in [0, 0.05) is 33.1 Å². The summed E-state index contributed by atoms with van der Waals surface area (Å²) in [4.78, 5) is 11.3. The number of nitrogens with one attached hydrogen (secondary N) is 2. The molecule has 1 saturated heterocycles. The minimum Gasteiger partial charge on any atom is -0.397 e. The molecule has 1 aliphatic rings. The lowest BCUT2D eigenvalue weighted by atomic mass is 10.2. The van der Waals surface area contributed by atoms with Crippen LogP contribution in [-0.4, -0.2) is 45.3 Å². The van der Waals surface area contributed by atoms with Gasteiger partial charge in [-0.1, -0.05) is 0 Å². The molecule has 8 heteroatoms. The van der Waals surface area contributed by atoms with Crippen LogP contribution in [0, 0.1) is 0 Å². The number of hydrogen-bond donors (Lipinski definition) is 3. The third kappa shape index (κ3) is 3.45. The number of rotatable bonds is 5. The maximum Gasteiger partial charge on any atom is 0.242 e. The molecule has 1 aromatic carbocycles. The van der Waals surface area contributed by atoms with Gasteiger partial charge in [-0.2, -0.15) is 0 Å².